The number of hydrogen-bond acceptors (Lipinski definition) is 3. The fourth-order valence-corrected chi connectivity index (χ4v) is 1.54. The molecule has 0 spiro atoms. The van der Waals surface area contributed by atoms with Gasteiger partial charge in [0.2, 0.25) is 0 Å². The van der Waals surface area contributed by atoms with E-state index in [1.54, 1.807) is 0 Å². The fourth-order valence-electron chi connectivity index (χ4n) is 1.54. The number of hydrogen-bond donors (Lipinski definition) is 2. The highest BCUT2D eigenvalue weighted by Gasteiger charge is 2.07. The van der Waals surface area contributed by atoms with Gasteiger partial charge in [0.05, 0.1) is 5.69 Å². The third-order valence-electron chi connectivity index (χ3n) is 2.32. The predicted molar refractivity (Wildman–Crippen MR) is 68.8 cm³/mol. The molecule has 92 valence electrons. The van der Waals surface area contributed by atoms with Crippen LogP contribution < -0.4 is 10.6 Å². The average molecular weight is 224 g/mol. The Morgan fingerprint density at radius 1 is 1.31 bits per heavy atom. The minimum absolute atomic E-state index is 0.211. The van der Waals surface area contributed by atoms with E-state index in [4.69, 9.17) is 0 Å². The monoisotopic (exact) mass is 224 g/mol. The van der Waals surface area contributed by atoms with Gasteiger partial charge in [-0.15, -0.1) is 0 Å². The van der Waals surface area contributed by atoms with Gasteiger partial charge >= 0.3 is 0 Å². The van der Waals surface area contributed by atoms with Crippen molar-refractivity contribution in [3.8, 4) is 0 Å². The second-order valence-corrected chi connectivity index (χ2v) is 5.25. The molecule has 1 rings (SSSR count). The van der Waals surface area contributed by atoms with Crippen LogP contribution in [0.1, 0.15) is 32.9 Å². The molecule has 0 aliphatic rings. The van der Waals surface area contributed by atoms with Crippen LogP contribution in [0.3, 0.4) is 0 Å². The van der Waals surface area contributed by atoms with Crippen LogP contribution in [0.15, 0.2) is 6.07 Å². The maximum Gasteiger partial charge on any atom is 0.124 e. The molecule has 0 aliphatic carbocycles. The smallest absolute Gasteiger partial charge is 0.124 e. The Morgan fingerprint density at radius 3 is 2.50 bits per heavy atom. The lowest BCUT2D eigenvalue weighted by Crippen LogP contribution is -2.36. The largest absolute Gasteiger partial charge is 0.370 e. The molecule has 1 aromatic rings. The molecule has 2 N–H and O–H groups in total. The molecule has 4 nitrogen and oxygen atoms in total. The Morgan fingerprint density at radius 2 is 2.00 bits per heavy atom. The summed E-state index contributed by atoms with van der Waals surface area (Å²) >= 11 is 0. The van der Waals surface area contributed by atoms with Gasteiger partial charge in [0.1, 0.15) is 5.82 Å². The Labute approximate surface area is 98.4 Å². The lowest BCUT2D eigenvalue weighted by molar-refractivity contribution is 0.425. The first-order chi connectivity index (χ1) is 7.38. The van der Waals surface area contributed by atoms with Gasteiger partial charge in [0.25, 0.3) is 0 Å². The van der Waals surface area contributed by atoms with Gasteiger partial charge in [-0.25, -0.2) is 0 Å². The lowest BCUT2D eigenvalue weighted by atomic mass is 10.1. The van der Waals surface area contributed by atoms with Crippen LogP contribution in [0.25, 0.3) is 0 Å². The molecule has 16 heavy (non-hydrogen) atoms. The molecule has 0 amide bonds. The number of nitrogens with one attached hydrogen (secondary N) is 2. The highest BCUT2D eigenvalue weighted by Crippen LogP contribution is 2.07. The summed E-state index contributed by atoms with van der Waals surface area (Å²) in [6.45, 7) is 10.6. The maximum atomic E-state index is 4.29. The van der Waals surface area contributed by atoms with Crippen LogP contribution in [-0.2, 0) is 7.05 Å². The summed E-state index contributed by atoms with van der Waals surface area (Å²) in [5, 5.41) is 11.1. The molecular formula is C12H24N4. The van der Waals surface area contributed by atoms with Crippen molar-refractivity contribution in [3.05, 3.63) is 11.8 Å². The van der Waals surface area contributed by atoms with E-state index in [0.717, 1.165) is 31.0 Å². The van der Waals surface area contributed by atoms with Gasteiger partial charge in [0, 0.05) is 25.2 Å². The standard InChI is InChI=1S/C12H24N4/c1-10-9-11(16(5)15-10)13-7-6-8-14-12(2,3)4/h9,13-14H,6-8H2,1-5H3. The normalized spacial score (nSPS) is 11.8. The molecule has 0 atom stereocenters. The van der Waals surface area contributed by atoms with Crippen molar-refractivity contribution in [2.75, 3.05) is 18.4 Å². The zero-order valence-corrected chi connectivity index (χ0v) is 11.1. The van der Waals surface area contributed by atoms with E-state index in [1.807, 2.05) is 18.7 Å². The summed E-state index contributed by atoms with van der Waals surface area (Å²) in [6, 6.07) is 2.07. The SMILES string of the molecule is Cc1cc(NCCCNC(C)(C)C)n(C)n1. The zero-order valence-electron chi connectivity index (χ0n) is 11.1. The van der Waals surface area contributed by atoms with Crippen LogP contribution in [0.5, 0.6) is 0 Å². The van der Waals surface area contributed by atoms with E-state index in [2.05, 4.69) is 42.6 Å². The molecule has 1 aromatic heterocycles. The Bertz CT molecular complexity index is 322. The van der Waals surface area contributed by atoms with Gasteiger partial charge in [-0.1, -0.05) is 0 Å². The number of rotatable bonds is 5. The highest BCUT2D eigenvalue weighted by atomic mass is 15.3. The second kappa shape index (κ2) is 5.34. The molecule has 0 saturated heterocycles. The third-order valence-corrected chi connectivity index (χ3v) is 2.32. The van der Waals surface area contributed by atoms with Gasteiger partial charge < -0.3 is 10.6 Å². The van der Waals surface area contributed by atoms with Crippen molar-refractivity contribution in [2.24, 2.45) is 7.05 Å². The van der Waals surface area contributed by atoms with Crippen molar-refractivity contribution in [2.45, 2.75) is 39.7 Å². The van der Waals surface area contributed by atoms with Crippen LogP contribution in [0.2, 0.25) is 0 Å². The molecule has 0 aliphatic heterocycles. The topological polar surface area (TPSA) is 41.9 Å². The first kappa shape index (κ1) is 13.0. The summed E-state index contributed by atoms with van der Waals surface area (Å²) in [5.74, 6) is 1.09. The third kappa shape index (κ3) is 4.66. The van der Waals surface area contributed by atoms with E-state index in [1.165, 1.54) is 0 Å². The van der Waals surface area contributed by atoms with Crippen LogP contribution in [-0.4, -0.2) is 28.4 Å². The number of nitrogens with zero attached hydrogens (tertiary/aromatic N) is 2. The van der Waals surface area contributed by atoms with Crippen molar-refractivity contribution in [1.29, 1.82) is 0 Å². The number of aryl methyl sites for hydroxylation is 2. The summed E-state index contributed by atoms with van der Waals surface area (Å²) in [4.78, 5) is 0. The molecule has 0 aromatic carbocycles. The second-order valence-electron chi connectivity index (χ2n) is 5.25. The van der Waals surface area contributed by atoms with E-state index >= 15 is 0 Å². The number of anilines is 1. The number of aromatic nitrogens is 2. The maximum absolute atomic E-state index is 4.29. The zero-order chi connectivity index (χ0) is 12.2. The van der Waals surface area contributed by atoms with Gasteiger partial charge in [-0.2, -0.15) is 5.10 Å². The minimum atomic E-state index is 0.211. The molecule has 0 bridgehead atoms. The van der Waals surface area contributed by atoms with Crippen molar-refractivity contribution in [1.82, 2.24) is 15.1 Å². The van der Waals surface area contributed by atoms with Crippen molar-refractivity contribution in [3.63, 3.8) is 0 Å². The Balaban J connectivity index is 2.19. The van der Waals surface area contributed by atoms with E-state index in [9.17, 15) is 0 Å². The summed E-state index contributed by atoms with van der Waals surface area (Å²) in [6.07, 6.45) is 1.11. The molecule has 4 heteroatoms. The molecule has 0 fully saturated rings. The van der Waals surface area contributed by atoms with Gasteiger partial charge in [0.15, 0.2) is 0 Å². The molecule has 1 heterocycles. The van der Waals surface area contributed by atoms with Crippen LogP contribution >= 0.6 is 0 Å². The summed E-state index contributed by atoms with van der Waals surface area (Å²) < 4.78 is 1.88. The minimum Gasteiger partial charge on any atom is -0.370 e. The first-order valence-electron chi connectivity index (χ1n) is 5.88. The van der Waals surface area contributed by atoms with Crippen molar-refractivity contribution >= 4 is 5.82 Å². The van der Waals surface area contributed by atoms with E-state index in [-0.39, 0.29) is 5.54 Å². The Hall–Kier alpha value is -1.03. The van der Waals surface area contributed by atoms with E-state index in [0.29, 0.717) is 0 Å². The van der Waals surface area contributed by atoms with Gasteiger partial charge in [-0.05, 0) is 40.7 Å². The highest BCUT2D eigenvalue weighted by molar-refractivity contribution is 5.36. The van der Waals surface area contributed by atoms with Crippen LogP contribution in [0.4, 0.5) is 5.82 Å². The summed E-state index contributed by atoms with van der Waals surface area (Å²) in [7, 11) is 1.96. The van der Waals surface area contributed by atoms with Crippen LogP contribution in [0, 0.1) is 6.92 Å². The average Bonchev–Trinajstić information content (AvgIpc) is 2.42. The molecule has 0 saturated carbocycles. The molecule has 0 unspecified atom stereocenters. The Kier molecular flexibility index (Phi) is 4.35. The van der Waals surface area contributed by atoms with E-state index < -0.39 is 0 Å². The van der Waals surface area contributed by atoms with Crippen molar-refractivity contribution < 1.29 is 0 Å². The first-order valence-corrected chi connectivity index (χ1v) is 5.88. The quantitative estimate of drug-likeness (QED) is 0.751. The fraction of sp³-hybridized carbons (Fsp3) is 0.750. The lowest BCUT2D eigenvalue weighted by Gasteiger charge is -2.20. The summed E-state index contributed by atoms with van der Waals surface area (Å²) in [5.41, 5.74) is 1.26. The predicted octanol–water partition coefficient (Wildman–Crippen LogP) is 1.92. The molecule has 0 radical (unpaired) electrons. The molecular weight excluding hydrogens is 200 g/mol. The van der Waals surface area contributed by atoms with Gasteiger partial charge in [-0.3, -0.25) is 4.68 Å².